The number of aromatic nitrogens is 7. The third-order valence-electron chi connectivity index (χ3n) is 6.82. The van der Waals surface area contributed by atoms with Crippen LogP contribution in [0.1, 0.15) is 30.6 Å². The maximum Gasteiger partial charge on any atom is 0.355 e. The summed E-state index contributed by atoms with van der Waals surface area (Å²) in [4.78, 5) is 59.2. The molecule has 0 fully saturated rings. The number of nitrogens with zero attached hydrogens (tertiary/aromatic N) is 7. The second-order valence-electron chi connectivity index (χ2n) is 12.5. The van der Waals surface area contributed by atoms with Gasteiger partial charge in [-0.25, -0.2) is 32.0 Å². The molecule has 4 N–H and O–H groups in total. The monoisotopic (exact) mass is 981 g/mol. The zero-order chi connectivity index (χ0) is 47.3. The van der Waals surface area contributed by atoms with Gasteiger partial charge < -0.3 is 24.2 Å². The summed E-state index contributed by atoms with van der Waals surface area (Å²) in [6.07, 6.45) is 7.24. The average Bonchev–Trinajstić information content (AvgIpc) is 3.70. The Hall–Kier alpha value is -4.69. The van der Waals surface area contributed by atoms with Crippen LogP contribution in [0.3, 0.4) is 0 Å². The van der Waals surface area contributed by atoms with Crippen LogP contribution in [0, 0.1) is 31.3 Å². The van der Waals surface area contributed by atoms with Crippen molar-refractivity contribution in [1.29, 1.82) is 0 Å². The lowest BCUT2D eigenvalue weighted by molar-refractivity contribution is -0.193. The van der Waals surface area contributed by atoms with E-state index in [9.17, 15) is 54.2 Å². The summed E-state index contributed by atoms with van der Waals surface area (Å²) in [6, 6.07) is 6.63. The Morgan fingerprint density at radius 3 is 2.16 bits per heavy atom. The highest BCUT2D eigenvalue weighted by atomic mass is 35.5. The first-order chi connectivity index (χ1) is 28.7. The fourth-order valence-electron chi connectivity index (χ4n) is 4.31. The molecule has 62 heavy (non-hydrogen) atoms. The number of carboxylic acids is 1. The van der Waals surface area contributed by atoms with Gasteiger partial charge in [0.05, 0.1) is 38.2 Å². The smallest absolute Gasteiger partial charge is 0.355 e. The number of anilines is 1. The lowest BCUT2D eigenvalue weighted by Crippen LogP contribution is -2.25. The fourth-order valence-corrected chi connectivity index (χ4v) is 6.11. The molecule has 2 aromatic carbocycles. The van der Waals surface area contributed by atoms with Crippen LogP contribution in [0.15, 0.2) is 52.5 Å². The number of rotatable bonds is 13. The van der Waals surface area contributed by atoms with Gasteiger partial charge in [-0.1, -0.05) is 17.7 Å². The lowest BCUT2D eigenvalue weighted by atomic mass is 10.1. The maximum absolute atomic E-state index is 14.2. The van der Waals surface area contributed by atoms with Crippen molar-refractivity contribution in [2.75, 3.05) is 42.9 Å². The predicted octanol–water partition coefficient (Wildman–Crippen LogP) is 3.41. The molecule has 3 heterocycles. The quantitative estimate of drug-likeness (QED) is 0.0433. The van der Waals surface area contributed by atoms with E-state index in [0.29, 0.717) is 21.3 Å². The lowest BCUT2D eigenvalue weighted by Gasteiger charge is -2.14. The topological polar surface area (TPSA) is 265 Å². The number of ether oxygens (including phenoxy) is 1. The molecule has 0 amide bonds. The summed E-state index contributed by atoms with van der Waals surface area (Å²) >= 11 is 11.9. The number of nitrogens with one attached hydrogen (secondary N) is 2. The molecule has 0 saturated carbocycles. The SMILES string of the molecule is CCOC(=O)C(Cl)Cc1cc(-n2nc(C)n(C(F)F)c2=O)c(F)cc1Cl.C[S+](C)C.Cc1ccn2nc(S(=O)(=O)Nc3c(F)cccc3F)nc2n1.O=C(O)CNCP(=O)([O-])O. The van der Waals surface area contributed by atoms with E-state index in [1.165, 1.54) is 13.1 Å². The van der Waals surface area contributed by atoms with Crippen LogP contribution >= 0.6 is 30.8 Å². The molecular weight excluding hydrogens is 943 g/mol. The van der Waals surface area contributed by atoms with Crippen molar-refractivity contribution < 1.29 is 64.2 Å². The number of hydrogen-bond donors (Lipinski definition) is 4. The molecule has 29 heteroatoms. The first-order valence-electron chi connectivity index (χ1n) is 17.1. The number of benzene rings is 2. The number of esters is 1. The number of fused-ring (bicyclic) bond motifs is 1. The van der Waals surface area contributed by atoms with E-state index in [1.54, 1.807) is 24.6 Å². The van der Waals surface area contributed by atoms with E-state index in [2.05, 4.69) is 38.9 Å². The van der Waals surface area contributed by atoms with Crippen molar-refractivity contribution in [3.05, 3.63) is 92.6 Å². The summed E-state index contributed by atoms with van der Waals surface area (Å²) in [5, 5.41) is 15.6. The number of sulfonamides is 1. The molecule has 2 atom stereocenters. The highest BCUT2D eigenvalue weighted by Gasteiger charge is 2.25. The first kappa shape index (κ1) is 53.4. The van der Waals surface area contributed by atoms with Crippen LogP contribution in [0.5, 0.6) is 0 Å². The molecule has 0 spiro atoms. The first-order valence-corrected chi connectivity index (χ1v) is 23.6. The Labute approximate surface area is 362 Å². The van der Waals surface area contributed by atoms with Gasteiger partial charge in [-0.2, -0.15) is 26.9 Å². The zero-order valence-corrected chi connectivity index (χ0v) is 37.3. The van der Waals surface area contributed by atoms with Gasteiger partial charge in [-0.15, -0.1) is 21.8 Å². The molecule has 0 bridgehead atoms. The molecule has 342 valence electrons. The molecule has 0 aliphatic carbocycles. The number of carbonyl (C=O) groups excluding carboxylic acids is 1. The van der Waals surface area contributed by atoms with Crippen LogP contribution in [0.2, 0.25) is 5.02 Å². The number of halogens is 7. The minimum atomic E-state index is -4.35. The number of aryl methyl sites for hydroxylation is 2. The van der Waals surface area contributed by atoms with Crippen LogP contribution in [0.4, 0.5) is 27.6 Å². The van der Waals surface area contributed by atoms with Gasteiger partial charge in [0.1, 0.15) is 41.8 Å². The average molecular weight is 983 g/mol. The van der Waals surface area contributed by atoms with E-state index >= 15 is 0 Å². The number of hydrogen-bond acceptors (Lipinski definition) is 13. The normalized spacial score (nSPS) is 12.6. The van der Waals surface area contributed by atoms with Crippen molar-refractivity contribution in [2.24, 2.45) is 0 Å². The summed E-state index contributed by atoms with van der Waals surface area (Å²) < 4.78 is 110. The molecule has 2 unspecified atom stereocenters. The van der Waals surface area contributed by atoms with Gasteiger partial charge in [0.15, 0.2) is 5.82 Å². The predicted molar refractivity (Wildman–Crippen MR) is 217 cm³/mol. The molecule has 5 aromatic rings. The Morgan fingerprint density at radius 1 is 1.05 bits per heavy atom. The zero-order valence-electron chi connectivity index (χ0n) is 33.2. The second kappa shape index (κ2) is 23.7. The van der Waals surface area contributed by atoms with Crippen LogP contribution in [0.25, 0.3) is 11.5 Å². The number of alkyl halides is 3. The van der Waals surface area contributed by atoms with Crippen LogP contribution < -0.4 is 20.6 Å². The summed E-state index contributed by atoms with van der Waals surface area (Å²) in [5.41, 5.74) is -1.53. The molecule has 19 nitrogen and oxygen atoms in total. The van der Waals surface area contributed by atoms with Crippen molar-refractivity contribution in [2.45, 2.75) is 44.3 Å². The van der Waals surface area contributed by atoms with Gasteiger partial charge in [0, 0.05) is 23.3 Å². The summed E-state index contributed by atoms with van der Waals surface area (Å²) in [6.45, 7) is 1.03. The van der Waals surface area contributed by atoms with Crippen molar-refractivity contribution in [3.63, 3.8) is 0 Å². The molecule has 0 saturated heterocycles. The van der Waals surface area contributed by atoms with Crippen molar-refractivity contribution in [1.82, 2.24) is 39.2 Å². The molecule has 3 aromatic heterocycles. The number of para-hydroxylation sites is 1. The third-order valence-corrected chi connectivity index (χ3v) is 9.25. The van der Waals surface area contributed by atoms with Gasteiger partial charge in [-0.05, 0) is 67.6 Å². The number of carbonyl (C=O) groups is 2. The number of carboxylic acid groups (broad SMARTS) is 1. The Morgan fingerprint density at radius 2 is 1.65 bits per heavy atom. The van der Waals surface area contributed by atoms with E-state index in [0.717, 1.165) is 34.8 Å². The summed E-state index contributed by atoms with van der Waals surface area (Å²) in [7, 11) is -8.05. The van der Waals surface area contributed by atoms with Gasteiger partial charge in [0.25, 0.3) is 21.0 Å². The maximum atomic E-state index is 14.2. The van der Waals surface area contributed by atoms with E-state index < -0.39 is 88.3 Å². The largest absolute Gasteiger partial charge is 0.778 e. The van der Waals surface area contributed by atoms with Crippen molar-refractivity contribution >= 4 is 75.1 Å². The van der Waals surface area contributed by atoms with Crippen molar-refractivity contribution in [3.8, 4) is 5.69 Å². The van der Waals surface area contributed by atoms with Crippen LogP contribution in [-0.2, 0) is 46.2 Å². The van der Waals surface area contributed by atoms with E-state index in [-0.39, 0.29) is 45.5 Å². The number of aliphatic carboxylic acids is 1. The Kier molecular flexibility index (Phi) is 20.4. The van der Waals surface area contributed by atoms with E-state index in [1.807, 2.05) is 5.32 Å². The minimum absolute atomic E-state index is 0.0424. The van der Waals surface area contributed by atoms with E-state index in [4.69, 9.17) is 37.9 Å². The molecule has 0 aliphatic heterocycles. The molecule has 0 radical (unpaired) electrons. The highest BCUT2D eigenvalue weighted by Crippen LogP contribution is 2.27. The minimum Gasteiger partial charge on any atom is -0.778 e. The Bertz CT molecular complexity index is 2540. The third kappa shape index (κ3) is 16.5. The Balaban J connectivity index is 0.000000331. The van der Waals surface area contributed by atoms with Gasteiger partial charge in [0.2, 0.25) is 0 Å². The fraction of sp³-hybridized carbons (Fsp3) is 0.364. The second-order valence-corrected chi connectivity index (χ2v) is 19.0. The van der Waals surface area contributed by atoms with Gasteiger partial charge >= 0.3 is 24.2 Å². The van der Waals surface area contributed by atoms with Crippen LogP contribution in [-0.4, -0.2) is 108 Å². The summed E-state index contributed by atoms with van der Waals surface area (Å²) in [5.74, 6) is -5.11. The highest BCUT2D eigenvalue weighted by molar-refractivity contribution is 7.94. The molecule has 5 rings (SSSR count). The molecular formula is C33H39Cl2F5N9O10PS2. The van der Waals surface area contributed by atoms with Gasteiger partial charge in [-0.3, -0.25) is 19.6 Å². The standard InChI is InChI=1S/C15H14Cl2F3N3O3.C12H9F2N5O2S.C3H8NO5P.C3H9S/c1-3-26-13(24)10(17)4-8-5-12(11(18)6-9(8)16)23-15(25)22(14(19)20)7(2)21-23;1-7-5-6-19-11(15-7)16-12(17-19)22(20,21)18-10-8(13)3-2-4-9(10)14;5-3(6)1-4-2-10(7,8)9;1-4(2)3/h5-6,10,14H,3-4H2,1-2H3;2-6,18H,1H3;4H,1-2H2,(H,5,6)(H2,7,8,9);1-3H3/q;;;+1/p-1. The molecule has 0 aliphatic rings.